The fourth-order valence-electron chi connectivity index (χ4n) is 0.681. The van der Waals surface area contributed by atoms with E-state index >= 15 is 0 Å². The summed E-state index contributed by atoms with van der Waals surface area (Å²) in [6, 6.07) is 0. The number of hydrogen-bond acceptors (Lipinski definition) is 0. The standard InChI is InChI=1S/C11H18F2/c1-5-6-7-8-9-11(12,13)10(2,3)4/h5-6,8-9H,7H2,1-4H3/b6-5+,9-8+. The Morgan fingerprint density at radius 3 is 2.00 bits per heavy atom. The Hall–Kier alpha value is -0.660. The lowest BCUT2D eigenvalue weighted by molar-refractivity contribution is -0.0501. The smallest absolute Gasteiger partial charge is 0.201 e. The first kappa shape index (κ1) is 12.3. The van der Waals surface area contributed by atoms with Crippen LogP contribution in [0.2, 0.25) is 0 Å². The van der Waals surface area contributed by atoms with E-state index in [1.54, 1.807) is 0 Å². The molecule has 0 heterocycles. The quantitative estimate of drug-likeness (QED) is 0.582. The van der Waals surface area contributed by atoms with Gasteiger partial charge in [0.2, 0.25) is 0 Å². The number of alkyl halides is 2. The topological polar surface area (TPSA) is 0 Å². The lowest BCUT2D eigenvalue weighted by atomic mass is 9.88. The lowest BCUT2D eigenvalue weighted by Crippen LogP contribution is -2.31. The van der Waals surface area contributed by atoms with Crippen molar-refractivity contribution in [3.63, 3.8) is 0 Å². The van der Waals surface area contributed by atoms with Gasteiger partial charge in [0.05, 0.1) is 0 Å². The van der Waals surface area contributed by atoms with Crippen LogP contribution in [0.1, 0.15) is 34.1 Å². The Bertz CT molecular complexity index is 195. The van der Waals surface area contributed by atoms with Gasteiger partial charge < -0.3 is 0 Å². The van der Waals surface area contributed by atoms with E-state index in [4.69, 9.17) is 0 Å². The highest BCUT2D eigenvalue weighted by Gasteiger charge is 2.39. The van der Waals surface area contributed by atoms with Crippen LogP contribution in [-0.4, -0.2) is 5.92 Å². The van der Waals surface area contributed by atoms with E-state index in [0.717, 1.165) is 6.08 Å². The van der Waals surface area contributed by atoms with Crippen molar-refractivity contribution in [2.45, 2.75) is 40.0 Å². The van der Waals surface area contributed by atoms with E-state index < -0.39 is 11.3 Å². The second-order valence-electron chi connectivity index (χ2n) is 4.08. The van der Waals surface area contributed by atoms with Gasteiger partial charge in [0.25, 0.3) is 5.92 Å². The number of allylic oxidation sites excluding steroid dienone is 4. The monoisotopic (exact) mass is 188 g/mol. The average molecular weight is 188 g/mol. The molecule has 0 aliphatic rings. The molecule has 0 nitrogen and oxygen atoms in total. The van der Waals surface area contributed by atoms with Gasteiger partial charge in [-0.05, 0) is 19.4 Å². The molecule has 0 unspecified atom stereocenters. The van der Waals surface area contributed by atoms with Crippen molar-refractivity contribution in [2.24, 2.45) is 5.41 Å². The molecular formula is C11H18F2. The van der Waals surface area contributed by atoms with Crippen molar-refractivity contribution < 1.29 is 8.78 Å². The van der Waals surface area contributed by atoms with E-state index in [-0.39, 0.29) is 0 Å². The number of halogens is 2. The van der Waals surface area contributed by atoms with Gasteiger partial charge in [-0.25, -0.2) is 8.78 Å². The molecule has 0 aromatic carbocycles. The fraction of sp³-hybridized carbons (Fsp3) is 0.636. The van der Waals surface area contributed by atoms with Crippen molar-refractivity contribution in [3.05, 3.63) is 24.3 Å². The van der Waals surface area contributed by atoms with Gasteiger partial charge in [-0.2, -0.15) is 0 Å². The highest BCUT2D eigenvalue weighted by Crippen LogP contribution is 2.36. The fourth-order valence-corrected chi connectivity index (χ4v) is 0.681. The third kappa shape index (κ3) is 4.20. The van der Waals surface area contributed by atoms with Gasteiger partial charge in [-0.3, -0.25) is 0 Å². The Morgan fingerprint density at radius 1 is 1.08 bits per heavy atom. The maximum Gasteiger partial charge on any atom is 0.271 e. The van der Waals surface area contributed by atoms with Crippen molar-refractivity contribution in [1.29, 1.82) is 0 Å². The number of hydrogen-bond donors (Lipinski definition) is 0. The molecule has 0 aliphatic carbocycles. The third-order valence-corrected chi connectivity index (χ3v) is 1.83. The largest absolute Gasteiger partial charge is 0.271 e. The van der Waals surface area contributed by atoms with Crippen LogP contribution in [0.5, 0.6) is 0 Å². The zero-order chi connectivity index (χ0) is 10.5. The van der Waals surface area contributed by atoms with Crippen LogP contribution in [0.4, 0.5) is 8.78 Å². The molecule has 0 rings (SSSR count). The van der Waals surface area contributed by atoms with Gasteiger partial charge in [0, 0.05) is 5.41 Å². The molecule has 0 fully saturated rings. The molecule has 0 saturated carbocycles. The average Bonchev–Trinajstić information content (AvgIpc) is 1.96. The van der Waals surface area contributed by atoms with Gasteiger partial charge in [0.15, 0.2) is 0 Å². The third-order valence-electron chi connectivity index (χ3n) is 1.83. The molecule has 0 bridgehead atoms. The SMILES string of the molecule is C/C=C/C/C=C/C(F)(F)C(C)(C)C. The molecule has 0 aromatic rings. The summed E-state index contributed by atoms with van der Waals surface area (Å²) in [5.74, 6) is -2.73. The Balaban J connectivity index is 4.25. The Labute approximate surface area is 79.3 Å². The van der Waals surface area contributed by atoms with E-state index in [1.807, 2.05) is 19.1 Å². The molecule has 0 aromatic heterocycles. The predicted octanol–water partition coefficient (Wildman–Crippen LogP) is 4.19. The highest BCUT2D eigenvalue weighted by atomic mass is 19.3. The van der Waals surface area contributed by atoms with Crippen molar-refractivity contribution in [1.82, 2.24) is 0 Å². The van der Waals surface area contributed by atoms with Crippen LogP contribution in [0, 0.1) is 5.41 Å². The summed E-state index contributed by atoms with van der Waals surface area (Å²) >= 11 is 0. The molecule has 0 saturated heterocycles. The minimum atomic E-state index is -2.73. The second kappa shape index (κ2) is 4.54. The van der Waals surface area contributed by atoms with E-state index in [1.165, 1.54) is 26.8 Å². The molecule has 0 spiro atoms. The molecule has 0 aliphatic heterocycles. The second-order valence-corrected chi connectivity index (χ2v) is 4.08. The van der Waals surface area contributed by atoms with Crippen LogP contribution in [-0.2, 0) is 0 Å². The summed E-state index contributed by atoms with van der Waals surface area (Å²) in [7, 11) is 0. The van der Waals surface area contributed by atoms with Crippen LogP contribution in [0.15, 0.2) is 24.3 Å². The predicted molar refractivity (Wildman–Crippen MR) is 53.0 cm³/mol. The van der Waals surface area contributed by atoms with Crippen LogP contribution in [0.3, 0.4) is 0 Å². The first-order valence-electron chi connectivity index (χ1n) is 4.48. The summed E-state index contributed by atoms with van der Waals surface area (Å²) in [6.45, 7) is 6.47. The van der Waals surface area contributed by atoms with Crippen LogP contribution in [0.25, 0.3) is 0 Å². The van der Waals surface area contributed by atoms with Crippen molar-refractivity contribution in [2.75, 3.05) is 0 Å². The molecule has 0 N–H and O–H groups in total. The van der Waals surface area contributed by atoms with E-state index in [2.05, 4.69) is 0 Å². The Morgan fingerprint density at radius 2 is 1.62 bits per heavy atom. The van der Waals surface area contributed by atoms with Gasteiger partial charge >= 0.3 is 0 Å². The summed E-state index contributed by atoms with van der Waals surface area (Å²) in [5, 5.41) is 0. The van der Waals surface area contributed by atoms with Gasteiger partial charge in [-0.15, -0.1) is 0 Å². The van der Waals surface area contributed by atoms with Gasteiger partial charge in [-0.1, -0.05) is 39.0 Å². The lowest BCUT2D eigenvalue weighted by Gasteiger charge is -2.27. The van der Waals surface area contributed by atoms with Crippen LogP contribution >= 0.6 is 0 Å². The number of rotatable bonds is 3. The molecule has 0 atom stereocenters. The molecule has 76 valence electrons. The summed E-state index contributed by atoms with van der Waals surface area (Å²) in [6.07, 6.45) is 6.76. The summed E-state index contributed by atoms with van der Waals surface area (Å²) in [4.78, 5) is 0. The van der Waals surface area contributed by atoms with Crippen molar-refractivity contribution in [3.8, 4) is 0 Å². The first-order chi connectivity index (χ1) is 5.81. The van der Waals surface area contributed by atoms with Gasteiger partial charge in [0.1, 0.15) is 0 Å². The van der Waals surface area contributed by atoms with Crippen LogP contribution < -0.4 is 0 Å². The molecule has 13 heavy (non-hydrogen) atoms. The first-order valence-corrected chi connectivity index (χ1v) is 4.48. The molecule has 0 amide bonds. The minimum absolute atomic E-state index is 0.572. The van der Waals surface area contributed by atoms with Crippen molar-refractivity contribution >= 4 is 0 Å². The maximum atomic E-state index is 13.2. The molecule has 2 heteroatoms. The van der Waals surface area contributed by atoms with E-state index in [9.17, 15) is 8.78 Å². The highest BCUT2D eigenvalue weighted by molar-refractivity contribution is 5.03. The van der Waals surface area contributed by atoms with E-state index in [0.29, 0.717) is 6.42 Å². The summed E-state index contributed by atoms with van der Waals surface area (Å²) in [5.41, 5.74) is -1.00. The summed E-state index contributed by atoms with van der Waals surface area (Å²) < 4.78 is 26.5. The Kier molecular flexibility index (Phi) is 4.31. The molecular weight excluding hydrogens is 170 g/mol. The zero-order valence-electron chi connectivity index (χ0n) is 8.77. The minimum Gasteiger partial charge on any atom is -0.201 e. The maximum absolute atomic E-state index is 13.2. The molecule has 0 radical (unpaired) electrons. The zero-order valence-corrected chi connectivity index (χ0v) is 8.77. The normalized spacial score (nSPS) is 14.6.